The molecular weight excluding hydrogens is 369 g/mol. The number of thiophene rings is 1. The Morgan fingerprint density at radius 1 is 1.38 bits per heavy atom. The third kappa shape index (κ3) is 4.03. The molecule has 24 heavy (non-hydrogen) atoms. The van der Waals surface area contributed by atoms with Crippen molar-refractivity contribution in [3.8, 4) is 5.75 Å². The number of nitrogens with one attached hydrogen (secondary N) is 1. The van der Waals surface area contributed by atoms with E-state index in [2.05, 4.69) is 5.32 Å². The van der Waals surface area contributed by atoms with Crippen molar-refractivity contribution < 1.29 is 14.6 Å². The van der Waals surface area contributed by atoms with Gasteiger partial charge >= 0.3 is 0 Å². The van der Waals surface area contributed by atoms with Crippen LogP contribution in [0.3, 0.4) is 0 Å². The lowest BCUT2D eigenvalue weighted by atomic mass is 9.95. The number of halogens is 2. The number of carbonyl (C=O) groups excluding carboxylic acids is 1. The van der Waals surface area contributed by atoms with Crippen LogP contribution in [0.2, 0.25) is 10.0 Å². The largest absolute Gasteiger partial charge is 0.482 e. The van der Waals surface area contributed by atoms with Crippen LogP contribution in [0.15, 0.2) is 35.7 Å². The fraction of sp³-hybridized carbons (Fsp3) is 0.353. The summed E-state index contributed by atoms with van der Waals surface area (Å²) in [6, 6.07) is 8.62. The molecule has 0 saturated heterocycles. The second kappa shape index (κ2) is 7.31. The van der Waals surface area contributed by atoms with E-state index in [1.165, 1.54) is 11.3 Å². The predicted molar refractivity (Wildman–Crippen MR) is 95.9 cm³/mol. The zero-order valence-corrected chi connectivity index (χ0v) is 15.1. The van der Waals surface area contributed by atoms with Crippen molar-refractivity contribution >= 4 is 40.4 Å². The highest BCUT2D eigenvalue weighted by molar-refractivity contribution is 7.10. The molecule has 0 radical (unpaired) electrons. The van der Waals surface area contributed by atoms with Gasteiger partial charge in [0.2, 0.25) is 0 Å². The van der Waals surface area contributed by atoms with Gasteiger partial charge in [-0.2, -0.15) is 0 Å². The van der Waals surface area contributed by atoms with Crippen molar-refractivity contribution in [1.29, 1.82) is 0 Å². The second-order valence-electron chi connectivity index (χ2n) is 5.82. The van der Waals surface area contributed by atoms with Crippen LogP contribution in [-0.4, -0.2) is 24.2 Å². The third-order valence-corrected chi connectivity index (χ3v) is 5.58. The smallest absolute Gasteiger partial charge is 0.258 e. The molecule has 1 fully saturated rings. The van der Waals surface area contributed by atoms with E-state index in [9.17, 15) is 9.90 Å². The average Bonchev–Trinajstić information content (AvgIpc) is 3.27. The topological polar surface area (TPSA) is 58.6 Å². The Morgan fingerprint density at radius 2 is 2.17 bits per heavy atom. The van der Waals surface area contributed by atoms with Gasteiger partial charge in [-0.3, -0.25) is 4.79 Å². The van der Waals surface area contributed by atoms with Crippen LogP contribution in [0.4, 0.5) is 0 Å². The quantitative estimate of drug-likeness (QED) is 0.760. The Bertz CT molecular complexity index is 719. The maximum atomic E-state index is 12.0. The molecule has 1 aliphatic carbocycles. The van der Waals surface area contributed by atoms with Gasteiger partial charge in [0, 0.05) is 9.90 Å². The van der Waals surface area contributed by atoms with Crippen molar-refractivity contribution in [3.05, 3.63) is 50.6 Å². The fourth-order valence-electron chi connectivity index (χ4n) is 2.54. The molecule has 3 rings (SSSR count). The highest BCUT2D eigenvalue weighted by Crippen LogP contribution is 2.46. The first-order valence-corrected chi connectivity index (χ1v) is 9.23. The van der Waals surface area contributed by atoms with Crippen LogP contribution >= 0.6 is 34.5 Å². The summed E-state index contributed by atoms with van der Waals surface area (Å²) >= 11 is 13.3. The molecule has 1 saturated carbocycles. The summed E-state index contributed by atoms with van der Waals surface area (Å²) in [5.41, 5.74) is -0.998. The summed E-state index contributed by atoms with van der Waals surface area (Å²) in [5.74, 6) is 0.284. The van der Waals surface area contributed by atoms with Crippen molar-refractivity contribution in [2.75, 3.05) is 13.2 Å². The first kappa shape index (κ1) is 17.5. The number of benzene rings is 1. The first-order chi connectivity index (χ1) is 11.5. The molecule has 2 aromatic rings. The summed E-state index contributed by atoms with van der Waals surface area (Å²) < 4.78 is 5.40. The second-order valence-corrected chi connectivity index (χ2v) is 7.61. The standard InChI is InChI=1S/C17H17Cl2NO3S/c18-12-5-6-14(13(19)8-12)23-9-16(21)20-10-17(22,11-3-4-11)15-2-1-7-24-15/h1-2,5-8,11,22H,3-4,9-10H2,(H,20,21)/t17-/m0/s1. The lowest BCUT2D eigenvalue weighted by molar-refractivity contribution is -0.124. The van der Waals surface area contributed by atoms with E-state index < -0.39 is 5.60 Å². The van der Waals surface area contributed by atoms with E-state index in [0.717, 1.165) is 17.7 Å². The SMILES string of the molecule is O=C(COc1ccc(Cl)cc1Cl)NC[C@@](O)(c1cccs1)C1CC1. The molecule has 2 N–H and O–H groups in total. The molecule has 1 heterocycles. The Labute approximate surface area is 154 Å². The minimum Gasteiger partial charge on any atom is -0.482 e. The third-order valence-electron chi connectivity index (χ3n) is 4.01. The number of amides is 1. The van der Waals surface area contributed by atoms with Gasteiger partial charge in [-0.15, -0.1) is 11.3 Å². The van der Waals surface area contributed by atoms with Gasteiger partial charge in [0.05, 0.1) is 11.6 Å². The zero-order chi connectivity index (χ0) is 17.2. The number of ether oxygens (including phenoxy) is 1. The number of hydrogen-bond donors (Lipinski definition) is 2. The number of hydrogen-bond acceptors (Lipinski definition) is 4. The molecule has 0 spiro atoms. The highest BCUT2D eigenvalue weighted by atomic mass is 35.5. The molecule has 1 amide bonds. The normalized spacial score (nSPS) is 16.5. The zero-order valence-electron chi connectivity index (χ0n) is 12.8. The molecule has 1 atom stereocenters. The van der Waals surface area contributed by atoms with E-state index in [-0.39, 0.29) is 25.0 Å². The van der Waals surface area contributed by atoms with Gasteiger partial charge in [0.1, 0.15) is 11.4 Å². The van der Waals surface area contributed by atoms with Crippen LogP contribution < -0.4 is 10.1 Å². The van der Waals surface area contributed by atoms with Crippen LogP contribution in [0.25, 0.3) is 0 Å². The fourth-order valence-corrected chi connectivity index (χ4v) is 3.91. The van der Waals surface area contributed by atoms with Crippen molar-refractivity contribution in [2.45, 2.75) is 18.4 Å². The lowest BCUT2D eigenvalue weighted by Crippen LogP contribution is -2.43. The van der Waals surface area contributed by atoms with Gasteiger partial charge in [-0.1, -0.05) is 29.3 Å². The Morgan fingerprint density at radius 3 is 2.79 bits per heavy atom. The Hall–Kier alpha value is -1.27. The lowest BCUT2D eigenvalue weighted by Gasteiger charge is -2.27. The summed E-state index contributed by atoms with van der Waals surface area (Å²) in [6.07, 6.45) is 1.95. The van der Waals surface area contributed by atoms with Crippen LogP contribution in [-0.2, 0) is 10.4 Å². The van der Waals surface area contributed by atoms with Gasteiger partial charge in [0.25, 0.3) is 5.91 Å². The van der Waals surface area contributed by atoms with Crippen LogP contribution in [0.5, 0.6) is 5.75 Å². The van der Waals surface area contributed by atoms with Gasteiger partial charge in [-0.05, 0) is 48.4 Å². The first-order valence-electron chi connectivity index (χ1n) is 7.60. The van der Waals surface area contributed by atoms with Crippen molar-refractivity contribution in [3.63, 3.8) is 0 Å². The number of carbonyl (C=O) groups is 1. The van der Waals surface area contributed by atoms with E-state index in [4.69, 9.17) is 27.9 Å². The molecule has 0 unspecified atom stereocenters. The molecule has 0 aliphatic heterocycles. The number of aliphatic hydroxyl groups is 1. The molecule has 1 aromatic heterocycles. The van der Waals surface area contributed by atoms with Gasteiger partial charge in [-0.25, -0.2) is 0 Å². The molecule has 128 valence electrons. The number of rotatable bonds is 7. The summed E-state index contributed by atoms with van der Waals surface area (Å²) in [4.78, 5) is 12.9. The molecule has 7 heteroatoms. The average molecular weight is 386 g/mol. The van der Waals surface area contributed by atoms with E-state index in [1.807, 2.05) is 17.5 Å². The molecule has 1 aliphatic rings. The van der Waals surface area contributed by atoms with Crippen molar-refractivity contribution in [1.82, 2.24) is 5.32 Å². The molecular formula is C17H17Cl2NO3S. The van der Waals surface area contributed by atoms with Gasteiger partial charge < -0.3 is 15.2 Å². The predicted octanol–water partition coefficient (Wildman–Crippen LogP) is 3.85. The van der Waals surface area contributed by atoms with Crippen LogP contribution in [0, 0.1) is 5.92 Å². The van der Waals surface area contributed by atoms with E-state index >= 15 is 0 Å². The highest BCUT2D eigenvalue weighted by Gasteiger charge is 2.45. The van der Waals surface area contributed by atoms with E-state index in [0.29, 0.717) is 15.8 Å². The van der Waals surface area contributed by atoms with E-state index in [1.54, 1.807) is 18.2 Å². The van der Waals surface area contributed by atoms with Gasteiger partial charge in [0.15, 0.2) is 6.61 Å². The monoisotopic (exact) mass is 385 g/mol. The Kier molecular flexibility index (Phi) is 5.35. The summed E-state index contributed by atoms with van der Waals surface area (Å²) in [5, 5.41) is 16.5. The summed E-state index contributed by atoms with van der Waals surface area (Å²) in [6.45, 7) is 0.00125. The minimum atomic E-state index is -0.998. The minimum absolute atomic E-state index is 0.174. The Balaban J connectivity index is 1.55. The summed E-state index contributed by atoms with van der Waals surface area (Å²) in [7, 11) is 0. The van der Waals surface area contributed by atoms with Crippen LogP contribution in [0.1, 0.15) is 17.7 Å². The molecule has 0 bridgehead atoms. The molecule has 1 aromatic carbocycles. The maximum absolute atomic E-state index is 12.0. The molecule has 4 nitrogen and oxygen atoms in total. The maximum Gasteiger partial charge on any atom is 0.258 e. The van der Waals surface area contributed by atoms with Crippen molar-refractivity contribution in [2.24, 2.45) is 5.92 Å².